The Balaban J connectivity index is 2.27. The number of anilines is 1. The quantitative estimate of drug-likeness (QED) is 0.708. The third-order valence-electron chi connectivity index (χ3n) is 2.35. The number of hydrogen-bond acceptors (Lipinski definition) is 4. The predicted octanol–water partition coefficient (Wildman–Crippen LogP) is 1.16. The fourth-order valence-electron chi connectivity index (χ4n) is 1.27. The summed E-state index contributed by atoms with van der Waals surface area (Å²) >= 11 is 0. The van der Waals surface area contributed by atoms with Gasteiger partial charge in [0.1, 0.15) is 5.82 Å². The van der Waals surface area contributed by atoms with Crippen molar-refractivity contribution in [3.05, 3.63) is 17.6 Å². The highest BCUT2D eigenvalue weighted by Gasteiger charge is 1.99. The first-order valence-corrected chi connectivity index (χ1v) is 5.42. The Morgan fingerprint density at radius 2 is 2.12 bits per heavy atom. The van der Waals surface area contributed by atoms with E-state index in [9.17, 15) is 4.79 Å². The van der Waals surface area contributed by atoms with Gasteiger partial charge in [-0.3, -0.25) is 9.78 Å². The zero-order valence-corrected chi connectivity index (χ0v) is 9.79. The first kappa shape index (κ1) is 12.4. The summed E-state index contributed by atoms with van der Waals surface area (Å²) < 4.78 is 0. The lowest BCUT2D eigenvalue weighted by Gasteiger charge is -2.06. The fraction of sp³-hybridized carbons (Fsp3) is 0.545. The summed E-state index contributed by atoms with van der Waals surface area (Å²) in [5, 5.41) is 3.16. The molecule has 0 bridgehead atoms. The Morgan fingerprint density at radius 1 is 1.38 bits per heavy atom. The molecule has 1 heterocycles. The fourth-order valence-corrected chi connectivity index (χ4v) is 1.27. The molecular formula is C11H18N4O. The monoisotopic (exact) mass is 222 g/mol. The van der Waals surface area contributed by atoms with E-state index in [0.717, 1.165) is 36.6 Å². The van der Waals surface area contributed by atoms with Gasteiger partial charge in [-0.05, 0) is 26.7 Å². The van der Waals surface area contributed by atoms with E-state index in [1.165, 1.54) is 0 Å². The molecule has 0 radical (unpaired) electrons. The summed E-state index contributed by atoms with van der Waals surface area (Å²) in [6.07, 6.45) is 3.87. The van der Waals surface area contributed by atoms with E-state index in [1.54, 1.807) is 6.20 Å². The number of unbranched alkanes of at least 4 members (excludes halogenated alkanes) is 1. The van der Waals surface area contributed by atoms with Crippen LogP contribution in [0.3, 0.4) is 0 Å². The van der Waals surface area contributed by atoms with Crippen molar-refractivity contribution < 1.29 is 4.79 Å². The molecule has 0 spiro atoms. The van der Waals surface area contributed by atoms with E-state index >= 15 is 0 Å². The van der Waals surface area contributed by atoms with Gasteiger partial charge in [-0.15, -0.1) is 0 Å². The molecule has 0 aliphatic carbocycles. The lowest BCUT2D eigenvalue weighted by atomic mass is 10.2. The number of nitrogens with two attached hydrogens (primary N) is 1. The first-order valence-electron chi connectivity index (χ1n) is 5.42. The number of nitrogens with one attached hydrogen (secondary N) is 1. The van der Waals surface area contributed by atoms with Gasteiger partial charge < -0.3 is 11.1 Å². The Morgan fingerprint density at radius 3 is 2.75 bits per heavy atom. The van der Waals surface area contributed by atoms with Crippen LogP contribution in [0.1, 0.15) is 30.7 Å². The molecule has 0 saturated heterocycles. The van der Waals surface area contributed by atoms with Crippen LogP contribution in [0.2, 0.25) is 0 Å². The average molecular weight is 222 g/mol. The standard InChI is InChI=1S/C11H18N4O/c1-8-9(2)15-11(7-14-8)13-6-4-3-5-10(12)16/h7H,3-6H2,1-2H3,(H2,12,16)(H,13,15). The molecule has 1 aromatic rings. The summed E-state index contributed by atoms with van der Waals surface area (Å²) in [6.45, 7) is 4.64. The number of primary amides is 1. The van der Waals surface area contributed by atoms with Crippen LogP contribution in [0, 0.1) is 13.8 Å². The minimum atomic E-state index is -0.244. The number of nitrogens with zero attached hydrogens (tertiary/aromatic N) is 2. The number of carbonyl (C=O) groups excluding carboxylic acids is 1. The van der Waals surface area contributed by atoms with Crippen LogP contribution in [-0.2, 0) is 4.79 Å². The normalized spacial score (nSPS) is 10.1. The van der Waals surface area contributed by atoms with Crippen LogP contribution < -0.4 is 11.1 Å². The molecule has 0 atom stereocenters. The molecule has 0 aromatic carbocycles. The van der Waals surface area contributed by atoms with Gasteiger partial charge in [0.25, 0.3) is 0 Å². The number of aromatic nitrogens is 2. The van der Waals surface area contributed by atoms with Crippen LogP contribution in [0.15, 0.2) is 6.20 Å². The molecule has 5 heteroatoms. The lowest BCUT2D eigenvalue weighted by Crippen LogP contribution is -2.11. The molecule has 0 aliphatic rings. The minimum absolute atomic E-state index is 0.244. The maximum Gasteiger partial charge on any atom is 0.217 e. The summed E-state index contributed by atoms with van der Waals surface area (Å²) in [7, 11) is 0. The Bertz CT molecular complexity index is 365. The predicted molar refractivity (Wildman–Crippen MR) is 63.0 cm³/mol. The zero-order valence-electron chi connectivity index (χ0n) is 9.79. The van der Waals surface area contributed by atoms with E-state index in [4.69, 9.17) is 5.73 Å². The van der Waals surface area contributed by atoms with E-state index in [2.05, 4.69) is 15.3 Å². The highest BCUT2D eigenvalue weighted by atomic mass is 16.1. The van der Waals surface area contributed by atoms with Crippen molar-refractivity contribution in [1.29, 1.82) is 0 Å². The summed E-state index contributed by atoms with van der Waals surface area (Å²) in [6, 6.07) is 0. The molecule has 1 rings (SSSR count). The smallest absolute Gasteiger partial charge is 0.217 e. The van der Waals surface area contributed by atoms with Crippen molar-refractivity contribution in [3.63, 3.8) is 0 Å². The Hall–Kier alpha value is -1.65. The summed E-state index contributed by atoms with van der Waals surface area (Å²) in [5.74, 6) is 0.535. The van der Waals surface area contributed by atoms with Crippen LogP contribution >= 0.6 is 0 Å². The zero-order chi connectivity index (χ0) is 12.0. The second-order valence-electron chi connectivity index (χ2n) is 3.78. The van der Waals surface area contributed by atoms with Crippen LogP contribution in [0.5, 0.6) is 0 Å². The Labute approximate surface area is 95.5 Å². The van der Waals surface area contributed by atoms with Crippen LogP contribution in [0.25, 0.3) is 0 Å². The molecule has 5 nitrogen and oxygen atoms in total. The second kappa shape index (κ2) is 6.05. The molecule has 1 amide bonds. The Kier molecular flexibility index (Phi) is 4.69. The molecule has 0 unspecified atom stereocenters. The van der Waals surface area contributed by atoms with Crippen molar-refractivity contribution in [2.45, 2.75) is 33.1 Å². The largest absolute Gasteiger partial charge is 0.370 e. The number of rotatable bonds is 6. The van der Waals surface area contributed by atoms with Gasteiger partial charge in [-0.1, -0.05) is 0 Å². The minimum Gasteiger partial charge on any atom is -0.370 e. The molecule has 88 valence electrons. The third-order valence-corrected chi connectivity index (χ3v) is 2.35. The van der Waals surface area contributed by atoms with Gasteiger partial charge in [0.2, 0.25) is 5.91 Å². The molecule has 1 aromatic heterocycles. The van der Waals surface area contributed by atoms with E-state index < -0.39 is 0 Å². The van der Waals surface area contributed by atoms with E-state index in [0.29, 0.717) is 6.42 Å². The van der Waals surface area contributed by atoms with Crippen LogP contribution in [0.4, 0.5) is 5.82 Å². The first-order chi connectivity index (χ1) is 7.59. The van der Waals surface area contributed by atoms with Gasteiger partial charge in [0, 0.05) is 13.0 Å². The SMILES string of the molecule is Cc1ncc(NCCCCC(N)=O)nc1C. The van der Waals surface area contributed by atoms with Crippen molar-refractivity contribution in [2.75, 3.05) is 11.9 Å². The van der Waals surface area contributed by atoms with Crippen LogP contribution in [-0.4, -0.2) is 22.4 Å². The van der Waals surface area contributed by atoms with Crippen molar-refractivity contribution in [1.82, 2.24) is 9.97 Å². The molecular weight excluding hydrogens is 204 g/mol. The lowest BCUT2D eigenvalue weighted by molar-refractivity contribution is -0.118. The van der Waals surface area contributed by atoms with E-state index in [1.807, 2.05) is 13.8 Å². The van der Waals surface area contributed by atoms with Gasteiger partial charge in [0.05, 0.1) is 17.6 Å². The van der Waals surface area contributed by atoms with Gasteiger partial charge in [-0.25, -0.2) is 4.98 Å². The maximum absolute atomic E-state index is 10.5. The second-order valence-corrected chi connectivity index (χ2v) is 3.78. The number of carbonyl (C=O) groups is 1. The van der Waals surface area contributed by atoms with Gasteiger partial charge >= 0.3 is 0 Å². The summed E-state index contributed by atoms with van der Waals surface area (Å²) in [5.41, 5.74) is 6.92. The third kappa shape index (κ3) is 4.25. The number of amides is 1. The number of aryl methyl sites for hydroxylation is 2. The molecule has 0 fully saturated rings. The van der Waals surface area contributed by atoms with Crippen molar-refractivity contribution in [2.24, 2.45) is 5.73 Å². The average Bonchev–Trinajstić information content (AvgIpc) is 2.22. The van der Waals surface area contributed by atoms with Gasteiger partial charge in [0.15, 0.2) is 0 Å². The van der Waals surface area contributed by atoms with Crippen molar-refractivity contribution in [3.8, 4) is 0 Å². The maximum atomic E-state index is 10.5. The van der Waals surface area contributed by atoms with E-state index in [-0.39, 0.29) is 5.91 Å². The topological polar surface area (TPSA) is 80.9 Å². The molecule has 0 saturated carbocycles. The highest BCUT2D eigenvalue weighted by Crippen LogP contribution is 2.05. The van der Waals surface area contributed by atoms with Crippen molar-refractivity contribution >= 4 is 11.7 Å². The van der Waals surface area contributed by atoms with Gasteiger partial charge in [-0.2, -0.15) is 0 Å². The molecule has 16 heavy (non-hydrogen) atoms. The highest BCUT2D eigenvalue weighted by molar-refractivity contribution is 5.73. The number of hydrogen-bond donors (Lipinski definition) is 2. The summed E-state index contributed by atoms with van der Waals surface area (Å²) in [4.78, 5) is 19.0. The molecule has 0 aliphatic heterocycles. The molecule has 3 N–H and O–H groups in total.